The number of likely N-dealkylation sites (tertiary alicyclic amines) is 1. The van der Waals surface area contributed by atoms with Crippen molar-refractivity contribution in [1.82, 2.24) is 15.2 Å². The first kappa shape index (κ1) is 19.5. The van der Waals surface area contributed by atoms with Gasteiger partial charge in [0.05, 0.1) is 6.61 Å². The summed E-state index contributed by atoms with van der Waals surface area (Å²) in [7, 11) is 1.89. The molecule has 2 fully saturated rings. The van der Waals surface area contributed by atoms with Crippen molar-refractivity contribution < 1.29 is 4.74 Å². The summed E-state index contributed by atoms with van der Waals surface area (Å²) in [6.07, 6.45) is 6.74. The molecular weight excluding hydrogens is 439 g/mol. The molecule has 5 nitrogen and oxygen atoms in total. The number of hydrogen-bond acceptors (Lipinski definition) is 2. The highest BCUT2D eigenvalue weighted by molar-refractivity contribution is 14.0. The summed E-state index contributed by atoms with van der Waals surface area (Å²) in [6.45, 7) is 4.96. The molecule has 0 radical (unpaired) electrons. The van der Waals surface area contributed by atoms with Gasteiger partial charge in [0.25, 0.3) is 0 Å². The Labute approximate surface area is 172 Å². The lowest BCUT2D eigenvalue weighted by Crippen LogP contribution is -2.41. The van der Waals surface area contributed by atoms with Crippen LogP contribution in [0, 0.1) is 5.41 Å². The number of ether oxygens (including phenoxy) is 1. The maximum absolute atomic E-state index is 5.63. The van der Waals surface area contributed by atoms with E-state index in [1.165, 1.54) is 29.3 Å². The molecule has 142 valence electrons. The van der Waals surface area contributed by atoms with E-state index < -0.39 is 0 Å². The molecule has 2 N–H and O–H groups in total. The van der Waals surface area contributed by atoms with Crippen LogP contribution in [0.1, 0.15) is 24.8 Å². The number of rotatable bonds is 4. The minimum absolute atomic E-state index is 0. The Kier molecular flexibility index (Phi) is 6.45. The highest BCUT2D eigenvalue weighted by Gasteiger charge is 2.42. The van der Waals surface area contributed by atoms with E-state index in [1.54, 1.807) is 0 Å². The van der Waals surface area contributed by atoms with Gasteiger partial charge in [-0.15, -0.1) is 24.0 Å². The highest BCUT2D eigenvalue weighted by Crippen LogP contribution is 2.38. The molecule has 2 aromatic rings. The molecule has 0 saturated carbocycles. The van der Waals surface area contributed by atoms with E-state index in [1.807, 2.05) is 7.05 Å². The van der Waals surface area contributed by atoms with Gasteiger partial charge in [-0.05, 0) is 37.3 Å². The first-order chi connectivity index (χ1) is 12.3. The van der Waals surface area contributed by atoms with Gasteiger partial charge in [-0.1, -0.05) is 18.2 Å². The number of fused-ring (bicyclic) bond motifs is 1. The third-order valence-electron chi connectivity index (χ3n) is 5.72. The zero-order valence-corrected chi connectivity index (χ0v) is 17.8. The van der Waals surface area contributed by atoms with Gasteiger partial charge < -0.3 is 19.9 Å². The number of nitrogens with zero attached hydrogens (tertiary/aromatic N) is 2. The van der Waals surface area contributed by atoms with Crippen molar-refractivity contribution in [1.29, 1.82) is 0 Å². The average Bonchev–Trinajstić information content (AvgIpc) is 3.37. The lowest BCUT2D eigenvalue weighted by atomic mass is 9.87. The molecule has 3 heterocycles. The summed E-state index contributed by atoms with van der Waals surface area (Å²) < 4.78 is 5.63. The van der Waals surface area contributed by atoms with Crippen LogP contribution < -0.4 is 5.32 Å². The van der Waals surface area contributed by atoms with Crippen LogP contribution in [-0.2, 0) is 11.2 Å². The van der Waals surface area contributed by atoms with Gasteiger partial charge in [0.2, 0.25) is 0 Å². The second-order valence-electron chi connectivity index (χ2n) is 7.41. The summed E-state index contributed by atoms with van der Waals surface area (Å²) in [5.74, 6) is 1.04. The molecule has 0 bridgehead atoms. The number of para-hydroxylation sites is 1. The minimum Gasteiger partial charge on any atom is -0.381 e. The first-order valence-electron chi connectivity index (χ1n) is 9.38. The smallest absolute Gasteiger partial charge is 0.193 e. The molecule has 1 aromatic carbocycles. The normalized spacial score (nSPS) is 23.0. The summed E-state index contributed by atoms with van der Waals surface area (Å²) in [6, 6.07) is 8.51. The molecule has 2 aliphatic rings. The van der Waals surface area contributed by atoms with E-state index in [4.69, 9.17) is 4.74 Å². The number of aliphatic imine (C=N–C) groups is 1. The van der Waals surface area contributed by atoms with Crippen molar-refractivity contribution in [3.8, 4) is 0 Å². The molecule has 2 aliphatic heterocycles. The largest absolute Gasteiger partial charge is 0.381 e. The van der Waals surface area contributed by atoms with Crippen molar-refractivity contribution >= 4 is 40.8 Å². The Morgan fingerprint density at radius 1 is 1.35 bits per heavy atom. The predicted molar refractivity (Wildman–Crippen MR) is 117 cm³/mol. The molecule has 0 aliphatic carbocycles. The van der Waals surface area contributed by atoms with Gasteiger partial charge in [-0.25, -0.2) is 0 Å². The van der Waals surface area contributed by atoms with Crippen molar-refractivity contribution in [3.05, 3.63) is 36.0 Å². The Balaban J connectivity index is 0.00000196. The van der Waals surface area contributed by atoms with E-state index in [9.17, 15) is 0 Å². The van der Waals surface area contributed by atoms with Crippen LogP contribution in [0.25, 0.3) is 10.9 Å². The molecule has 6 heteroatoms. The van der Waals surface area contributed by atoms with Gasteiger partial charge >= 0.3 is 0 Å². The van der Waals surface area contributed by atoms with Crippen LogP contribution in [0.5, 0.6) is 0 Å². The number of halogens is 1. The lowest BCUT2D eigenvalue weighted by molar-refractivity contribution is 0.156. The Morgan fingerprint density at radius 3 is 3.04 bits per heavy atom. The second kappa shape index (κ2) is 8.61. The van der Waals surface area contributed by atoms with Crippen molar-refractivity contribution in [2.75, 3.05) is 39.9 Å². The summed E-state index contributed by atoms with van der Waals surface area (Å²) in [5, 5.41) is 4.90. The SMILES string of the molecule is CN=C(NCCCc1c[nH]c2ccccc12)N1CCC2(CCOC2)C1.I. The van der Waals surface area contributed by atoms with E-state index in [0.717, 1.165) is 51.6 Å². The summed E-state index contributed by atoms with van der Waals surface area (Å²) >= 11 is 0. The van der Waals surface area contributed by atoms with E-state index in [0.29, 0.717) is 5.41 Å². The van der Waals surface area contributed by atoms with E-state index in [2.05, 4.69) is 50.7 Å². The zero-order chi connectivity index (χ0) is 17.1. The fraction of sp³-hybridized carbons (Fsp3) is 0.550. The average molecular weight is 468 g/mol. The highest BCUT2D eigenvalue weighted by atomic mass is 127. The molecular formula is C20H29IN4O. The fourth-order valence-corrected chi connectivity index (χ4v) is 4.24. The number of H-pyrrole nitrogens is 1. The van der Waals surface area contributed by atoms with Gasteiger partial charge in [0.1, 0.15) is 0 Å². The molecule has 1 atom stereocenters. The standard InChI is InChI=1S/C20H28N4O.HI/c1-21-19(24-11-8-20(14-24)9-12-25-15-20)22-10-4-5-16-13-23-18-7-3-2-6-17(16)18;/h2-3,6-7,13,23H,4-5,8-12,14-15H2,1H3,(H,21,22);1H. The molecule has 1 aromatic heterocycles. The molecule has 0 amide bonds. The third kappa shape index (κ3) is 4.01. The number of aryl methyl sites for hydroxylation is 1. The van der Waals surface area contributed by atoms with Crippen molar-refractivity contribution in [3.63, 3.8) is 0 Å². The minimum atomic E-state index is 0. The molecule has 1 spiro atoms. The maximum atomic E-state index is 5.63. The molecule has 4 rings (SSSR count). The molecule has 2 saturated heterocycles. The van der Waals surface area contributed by atoms with Gasteiger partial charge in [-0.2, -0.15) is 0 Å². The van der Waals surface area contributed by atoms with Crippen LogP contribution in [0.3, 0.4) is 0 Å². The lowest BCUT2D eigenvalue weighted by Gasteiger charge is -2.24. The molecule has 26 heavy (non-hydrogen) atoms. The number of aromatic amines is 1. The zero-order valence-electron chi connectivity index (χ0n) is 15.5. The Hall–Kier alpha value is -1.28. The van der Waals surface area contributed by atoms with E-state index in [-0.39, 0.29) is 24.0 Å². The van der Waals surface area contributed by atoms with Crippen LogP contribution in [0.4, 0.5) is 0 Å². The quantitative estimate of drug-likeness (QED) is 0.313. The predicted octanol–water partition coefficient (Wildman–Crippen LogP) is 3.41. The van der Waals surface area contributed by atoms with Crippen LogP contribution in [-0.4, -0.2) is 55.7 Å². The monoisotopic (exact) mass is 468 g/mol. The van der Waals surface area contributed by atoms with E-state index >= 15 is 0 Å². The number of aromatic nitrogens is 1. The Morgan fingerprint density at radius 2 is 2.23 bits per heavy atom. The summed E-state index contributed by atoms with van der Waals surface area (Å²) in [4.78, 5) is 10.3. The van der Waals surface area contributed by atoms with Crippen molar-refractivity contribution in [2.24, 2.45) is 10.4 Å². The van der Waals surface area contributed by atoms with Crippen molar-refractivity contribution in [2.45, 2.75) is 25.7 Å². The Bertz CT molecular complexity index is 751. The summed E-state index contributed by atoms with van der Waals surface area (Å²) in [5.41, 5.74) is 3.00. The molecule has 1 unspecified atom stereocenters. The third-order valence-corrected chi connectivity index (χ3v) is 5.72. The number of benzene rings is 1. The number of guanidine groups is 1. The second-order valence-corrected chi connectivity index (χ2v) is 7.41. The van der Waals surface area contributed by atoms with Crippen LogP contribution >= 0.6 is 24.0 Å². The van der Waals surface area contributed by atoms with Crippen LogP contribution in [0.15, 0.2) is 35.5 Å². The maximum Gasteiger partial charge on any atom is 0.193 e. The first-order valence-corrected chi connectivity index (χ1v) is 9.38. The van der Waals surface area contributed by atoms with Gasteiger partial charge in [0.15, 0.2) is 5.96 Å². The van der Waals surface area contributed by atoms with Crippen LogP contribution in [0.2, 0.25) is 0 Å². The van der Waals surface area contributed by atoms with Gasteiger partial charge in [0, 0.05) is 55.8 Å². The fourth-order valence-electron chi connectivity index (χ4n) is 4.24. The van der Waals surface area contributed by atoms with Gasteiger partial charge in [-0.3, -0.25) is 4.99 Å². The topological polar surface area (TPSA) is 52.7 Å². The number of hydrogen-bond donors (Lipinski definition) is 2. The number of nitrogens with one attached hydrogen (secondary N) is 2.